The molecule has 1 aromatic carbocycles. The minimum absolute atomic E-state index is 0.0588. The van der Waals surface area contributed by atoms with Crippen molar-refractivity contribution in [3.05, 3.63) is 41.5 Å². The minimum atomic E-state index is -0.895. The second-order valence-electron chi connectivity index (χ2n) is 4.13. The van der Waals surface area contributed by atoms with E-state index in [2.05, 4.69) is 4.98 Å². The van der Waals surface area contributed by atoms with Crippen molar-refractivity contribution < 1.29 is 14.3 Å². The predicted octanol–water partition coefficient (Wildman–Crippen LogP) is 2.80. The molecule has 1 aromatic heterocycles. The van der Waals surface area contributed by atoms with Gasteiger partial charge < -0.3 is 5.11 Å². The van der Waals surface area contributed by atoms with E-state index in [0.29, 0.717) is 5.16 Å². The van der Waals surface area contributed by atoms with Crippen LogP contribution in [0.2, 0.25) is 0 Å². The molecule has 0 bridgehead atoms. The van der Waals surface area contributed by atoms with Crippen molar-refractivity contribution in [3.63, 3.8) is 0 Å². The van der Waals surface area contributed by atoms with Crippen LogP contribution in [0.5, 0.6) is 0 Å². The number of nitrogens with zero attached hydrogens (tertiary/aromatic N) is 2. The number of benzene rings is 1. The second kappa shape index (κ2) is 5.44. The number of carbonyl (C=O) groups is 1. The van der Waals surface area contributed by atoms with Crippen molar-refractivity contribution >= 4 is 17.7 Å². The summed E-state index contributed by atoms with van der Waals surface area (Å²) in [7, 11) is 0. The molecule has 0 fully saturated rings. The topological polar surface area (TPSA) is 55.1 Å². The Labute approximate surface area is 114 Å². The van der Waals surface area contributed by atoms with Crippen molar-refractivity contribution in [2.45, 2.75) is 19.0 Å². The first-order valence-corrected chi connectivity index (χ1v) is 6.63. The Balaban J connectivity index is 2.43. The molecule has 4 nitrogen and oxygen atoms in total. The summed E-state index contributed by atoms with van der Waals surface area (Å²) in [4.78, 5) is 14.8. The predicted molar refractivity (Wildman–Crippen MR) is 71.4 cm³/mol. The van der Waals surface area contributed by atoms with Crippen LogP contribution in [0.3, 0.4) is 0 Å². The van der Waals surface area contributed by atoms with E-state index in [-0.39, 0.29) is 11.6 Å². The van der Waals surface area contributed by atoms with E-state index >= 15 is 0 Å². The Morgan fingerprint density at radius 1 is 1.47 bits per heavy atom. The van der Waals surface area contributed by atoms with Gasteiger partial charge in [0.05, 0.1) is 11.4 Å². The number of thioether (sulfide) groups is 1. The average molecular weight is 280 g/mol. The summed E-state index contributed by atoms with van der Waals surface area (Å²) in [5, 5.41) is 9.32. The van der Waals surface area contributed by atoms with Gasteiger partial charge in [0.25, 0.3) is 0 Å². The highest BCUT2D eigenvalue weighted by atomic mass is 32.2. The van der Waals surface area contributed by atoms with Gasteiger partial charge in [-0.2, -0.15) is 0 Å². The molecular formula is C13H13FN2O2S. The summed E-state index contributed by atoms with van der Waals surface area (Å²) >= 11 is 1.14. The number of hydrogen-bond acceptors (Lipinski definition) is 3. The van der Waals surface area contributed by atoms with Crippen molar-refractivity contribution in [1.29, 1.82) is 0 Å². The zero-order valence-corrected chi connectivity index (χ0v) is 11.4. The molecule has 2 aromatic rings. The lowest BCUT2D eigenvalue weighted by Crippen LogP contribution is -2.04. The number of carboxylic acid groups (broad SMARTS) is 1. The number of aromatic nitrogens is 2. The highest BCUT2D eigenvalue weighted by molar-refractivity contribution is 7.99. The highest BCUT2D eigenvalue weighted by Crippen LogP contribution is 2.25. The summed E-state index contributed by atoms with van der Waals surface area (Å²) in [5.41, 5.74) is 2.46. The van der Waals surface area contributed by atoms with Gasteiger partial charge in [-0.1, -0.05) is 11.8 Å². The third-order valence-electron chi connectivity index (χ3n) is 2.63. The van der Waals surface area contributed by atoms with Crippen LogP contribution in [-0.4, -0.2) is 26.4 Å². The number of aryl methyl sites for hydroxylation is 2. The fourth-order valence-corrected chi connectivity index (χ4v) is 2.56. The normalized spacial score (nSPS) is 10.7. The molecule has 100 valence electrons. The molecule has 0 unspecified atom stereocenters. The van der Waals surface area contributed by atoms with Crippen molar-refractivity contribution in [3.8, 4) is 5.69 Å². The fourth-order valence-electron chi connectivity index (χ4n) is 1.81. The summed E-state index contributed by atoms with van der Waals surface area (Å²) in [6.45, 7) is 3.68. The highest BCUT2D eigenvalue weighted by Gasteiger charge is 2.13. The molecule has 0 aliphatic rings. The first kappa shape index (κ1) is 13.6. The monoisotopic (exact) mass is 280 g/mol. The van der Waals surface area contributed by atoms with Crippen LogP contribution in [0.25, 0.3) is 5.69 Å². The van der Waals surface area contributed by atoms with Crippen LogP contribution in [0.15, 0.2) is 29.6 Å². The minimum Gasteiger partial charge on any atom is -0.481 e. The Kier molecular flexibility index (Phi) is 3.90. The zero-order chi connectivity index (χ0) is 14.0. The lowest BCUT2D eigenvalue weighted by atomic mass is 10.2. The number of halogens is 1. The second-order valence-corrected chi connectivity index (χ2v) is 5.07. The lowest BCUT2D eigenvalue weighted by Gasteiger charge is -2.12. The molecule has 0 amide bonds. The van der Waals surface area contributed by atoms with Gasteiger partial charge in [-0.25, -0.2) is 9.37 Å². The third kappa shape index (κ3) is 2.96. The average Bonchev–Trinajstić information content (AvgIpc) is 2.68. The van der Waals surface area contributed by atoms with Gasteiger partial charge in [-0.3, -0.25) is 9.36 Å². The summed E-state index contributed by atoms with van der Waals surface area (Å²) in [6, 6.07) is 4.50. The van der Waals surface area contributed by atoms with Gasteiger partial charge in [0.2, 0.25) is 0 Å². The van der Waals surface area contributed by atoms with E-state index in [4.69, 9.17) is 5.11 Å². The summed E-state index contributed by atoms with van der Waals surface area (Å²) in [6.07, 6.45) is 1.67. The number of aliphatic carboxylic acids is 1. The Morgan fingerprint density at radius 2 is 2.21 bits per heavy atom. The van der Waals surface area contributed by atoms with Crippen LogP contribution >= 0.6 is 11.8 Å². The Bertz CT molecular complexity index is 625. The summed E-state index contributed by atoms with van der Waals surface area (Å²) < 4.78 is 15.0. The first-order valence-electron chi connectivity index (χ1n) is 5.64. The quantitative estimate of drug-likeness (QED) is 0.875. The fraction of sp³-hybridized carbons (Fsp3) is 0.231. The molecular weight excluding hydrogens is 267 g/mol. The van der Waals surface area contributed by atoms with Crippen molar-refractivity contribution in [2.75, 3.05) is 5.75 Å². The SMILES string of the molecule is Cc1cc(F)ccc1-n1c(C)cnc1SCC(=O)O. The van der Waals surface area contributed by atoms with Gasteiger partial charge in [0.1, 0.15) is 5.82 Å². The third-order valence-corrected chi connectivity index (χ3v) is 3.57. The molecule has 19 heavy (non-hydrogen) atoms. The van der Waals surface area contributed by atoms with E-state index in [0.717, 1.165) is 28.7 Å². The largest absolute Gasteiger partial charge is 0.481 e. The molecule has 1 heterocycles. The molecule has 0 saturated carbocycles. The molecule has 0 spiro atoms. The van der Waals surface area contributed by atoms with Crippen molar-refractivity contribution in [2.24, 2.45) is 0 Å². The van der Waals surface area contributed by atoms with Crippen LogP contribution in [0.1, 0.15) is 11.3 Å². The summed E-state index contributed by atoms with van der Waals surface area (Å²) in [5.74, 6) is -1.25. The number of rotatable bonds is 4. The van der Waals surface area contributed by atoms with E-state index < -0.39 is 5.97 Å². The Hall–Kier alpha value is -1.82. The molecule has 0 aliphatic carbocycles. The molecule has 0 radical (unpaired) electrons. The first-order chi connectivity index (χ1) is 8.99. The maximum atomic E-state index is 13.1. The number of carboxylic acids is 1. The Morgan fingerprint density at radius 3 is 2.84 bits per heavy atom. The number of imidazole rings is 1. The smallest absolute Gasteiger partial charge is 0.313 e. The van der Waals surface area contributed by atoms with Crippen LogP contribution in [0.4, 0.5) is 4.39 Å². The molecule has 0 aliphatic heterocycles. The molecule has 0 saturated heterocycles. The van der Waals surface area contributed by atoms with Crippen LogP contribution in [0, 0.1) is 19.7 Å². The van der Waals surface area contributed by atoms with E-state index in [1.165, 1.54) is 12.1 Å². The van der Waals surface area contributed by atoms with Crippen molar-refractivity contribution in [1.82, 2.24) is 9.55 Å². The van der Waals surface area contributed by atoms with E-state index in [9.17, 15) is 9.18 Å². The molecule has 6 heteroatoms. The van der Waals surface area contributed by atoms with Gasteiger partial charge in [0, 0.05) is 11.9 Å². The van der Waals surface area contributed by atoms with Crippen LogP contribution in [-0.2, 0) is 4.79 Å². The molecule has 0 atom stereocenters. The van der Waals surface area contributed by atoms with Gasteiger partial charge in [0.15, 0.2) is 5.16 Å². The standard InChI is InChI=1S/C13H13FN2O2S/c1-8-5-10(14)3-4-11(8)16-9(2)6-15-13(16)19-7-12(17)18/h3-6H,7H2,1-2H3,(H,17,18). The van der Waals surface area contributed by atoms with Gasteiger partial charge >= 0.3 is 5.97 Å². The van der Waals surface area contributed by atoms with Gasteiger partial charge in [-0.15, -0.1) is 0 Å². The maximum absolute atomic E-state index is 13.1. The van der Waals surface area contributed by atoms with Crippen LogP contribution < -0.4 is 0 Å². The molecule has 2 rings (SSSR count). The number of hydrogen-bond donors (Lipinski definition) is 1. The maximum Gasteiger partial charge on any atom is 0.313 e. The van der Waals surface area contributed by atoms with E-state index in [1.54, 1.807) is 12.3 Å². The zero-order valence-electron chi connectivity index (χ0n) is 10.6. The van der Waals surface area contributed by atoms with E-state index in [1.807, 2.05) is 18.4 Å². The lowest BCUT2D eigenvalue weighted by molar-refractivity contribution is -0.133. The van der Waals surface area contributed by atoms with Gasteiger partial charge in [-0.05, 0) is 37.6 Å². The molecule has 1 N–H and O–H groups in total.